The van der Waals surface area contributed by atoms with E-state index >= 15 is 0 Å². The van der Waals surface area contributed by atoms with Gasteiger partial charge in [-0.15, -0.1) is 0 Å². The number of carboxylic acids is 1. The van der Waals surface area contributed by atoms with Gasteiger partial charge in [-0.3, -0.25) is 0 Å². The van der Waals surface area contributed by atoms with Gasteiger partial charge in [-0.25, -0.2) is 4.79 Å². The van der Waals surface area contributed by atoms with Crippen molar-refractivity contribution in [3.8, 4) is 11.1 Å². The van der Waals surface area contributed by atoms with Crippen molar-refractivity contribution in [2.45, 2.75) is 32.6 Å². The summed E-state index contributed by atoms with van der Waals surface area (Å²) in [7, 11) is 0. The maximum atomic E-state index is 11.0. The van der Waals surface area contributed by atoms with Crippen LogP contribution in [0.15, 0.2) is 48.5 Å². The van der Waals surface area contributed by atoms with Crippen LogP contribution in [0.2, 0.25) is 0 Å². The highest BCUT2D eigenvalue weighted by molar-refractivity contribution is 5.89. The molecular weight excluding hydrogens is 248 g/mol. The van der Waals surface area contributed by atoms with Crippen LogP contribution >= 0.6 is 0 Å². The molecule has 0 saturated carbocycles. The number of hydrogen-bond donors (Lipinski definition) is 1. The van der Waals surface area contributed by atoms with E-state index < -0.39 is 5.97 Å². The Morgan fingerprint density at radius 1 is 1.00 bits per heavy atom. The summed E-state index contributed by atoms with van der Waals surface area (Å²) in [5.74, 6) is -0.886. The molecule has 0 aromatic heterocycles. The Morgan fingerprint density at radius 3 is 2.40 bits per heavy atom. The van der Waals surface area contributed by atoms with Gasteiger partial charge in [0.05, 0.1) is 5.56 Å². The molecule has 2 heteroatoms. The molecule has 0 fully saturated rings. The van der Waals surface area contributed by atoms with Crippen LogP contribution in [0.4, 0.5) is 0 Å². The first kappa shape index (κ1) is 14.3. The van der Waals surface area contributed by atoms with E-state index in [2.05, 4.69) is 31.2 Å². The Labute approximate surface area is 120 Å². The van der Waals surface area contributed by atoms with Gasteiger partial charge in [-0.2, -0.15) is 0 Å². The lowest BCUT2D eigenvalue weighted by molar-refractivity contribution is 0.0697. The Morgan fingerprint density at radius 2 is 1.75 bits per heavy atom. The zero-order valence-electron chi connectivity index (χ0n) is 11.8. The van der Waals surface area contributed by atoms with Crippen molar-refractivity contribution in [3.63, 3.8) is 0 Å². The quantitative estimate of drug-likeness (QED) is 0.765. The van der Waals surface area contributed by atoms with Crippen molar-refractivity contribution in [1.82, 2.24) is 0 Å². The zero-order chi connectivity index (χ0) is 14.4. The predicted molar refractivity (Wildman–Crippen MR) is 82.1 cm³/mol. The minimum absolute atomic E-state index is 0.328. The van der Waals surface area contributed by atoms with Gasteiger partial charge in [-0.1, -0.05) is 56.2 Å². The van der Waals surface area contributed by atoms with E-state index in [0.717, 1.165) is 17.5 Å². The molecule has 0 aliphatic carbocycles. The Balaban J connectivity index is 2.13. The van der Waals surface area contributed by atoms with Gasteiger partial charge in [-0.05, 0) is 41.7 Å². The summed E-state index contributed by atoms with van der Waals surface area (Å²) in [6, 6.07) is 15.5. The van der Waals surface area contributed by atoms with Crippen LogP contribution in [-0.4, -0.2) is 11.1 Å². The molecule has 0 amide bonds. The third kappa shape index (κ3) is 3.70. The highest BCUT2D eigenvalue weighted by Crippen LogP contribution is 2.21. The van der Waals surface area contributed by atoms with Gasteiger partial charge >= 0.3 is 5.97 Å². The van der Waals surface area contributed by atoms with E-state index in [1.807, 2.05) is 6.07 Å². The molecule has 2 aromatic rings. The summed E-state index contributed by atoms with van der Waals surface area (Å²) < 4.78 is 0. The predicted octanol–water partition coefficient (Wildman–Crippen LogP) is 4.78. The summed E-state index contributed by atoms with van der Waals surface area (Å²) in [6.45, 7) is 2.21. The largest absolute Gasteiger partial charge is 0.478 e. The van der Waals surface area contributed by atoms with E-state index in [1.165, 1.54) is 24.8 Å². The number of rotatable bonds is 6. The molecule has 0 atom stereocenters. The Bertz CT molecular complexity index is 570. The second-order valence-electron chi connectivity index (χ2n) is 5.04. The van der Waals surface area contributed by atoms with Gasteiger partial charge in [0.15, 0.2) is 0 Å². The molecule has 0 heterocycles. The monoisotopic (exact) mass is 268 g/mol. The zero-order valence-corrected chi connectivity index (χ0v) is 11.8. The molecular formula is C18H20O2. The van der Waals surface area contributed by atoms with Crippen molar-refractivity contribution in [2.24, 2.45) is 0 Å². The molecule has 0 spiro atoms. The van der Waals surface area contributed by atoms with E-state index in [1.54, 1.807) is 18.2 Å². The lowest BCUT2D eigenvalue weighted by Crippen LogP contribution is -1.95. The SMILES string of the molecule is CCCCCc1ccc(-c2cccc(C(=O)O)c2)cc1. The molecule has 0 saturated heterocycles. The van der Waals surface area contributed by atoms with Crippen molar-refractivity contribution in [1.29, 1.82) is 0 Å². The van der Waals surface area contributed by atoms with E-state index in [-0.39, 0.29) is 0 Å². The van der Waals surface area contributed by atoms with Crippen molar-refractivity contribution < 1.29 is 9.90 Å². The second-order valence-corrected chi connectivity index (χ2v) is 5.04. The fourth-order valence-electron chi connectivity index (χ4n) is 2.27. The standard InChI is InChI=1S/C18H20O2/c1-2-3-4-6-14-9-11-15(12-10-14)16-7-5-8-17(13-16)18(19)20/h5,7-13H,2-4,6H2,1H3,(H,19,20). The molecule has 2 aromatic carbocycles. The molecule has 2 rings (SSSR count). The summed E-state index contributed by atoms with van der Waals surface area (Å²) in [5.41, 5.74) is 3.68. The maximum Gasteiger partial charge on any atom is 0.335 e. The van der Waals surface area contributed by atoms with Crippen LogP contribution in [0.25, 0.3) is 11.1 Å². The minimum Gasteiger partial charge on any atom is -0.478 e. The summed E-state index contributed by atoms with van der Waals surface area (Å²) in [5, 5.41) is 9.02. The average molecular weight is 268 g/mol. The number of benzene rings is 2. The second kappa shape index (κ2) is 6.90. The number of aryl methyl sites for hydroxylation is 1. The molecule has 0 radical (unpaired) electrons. The van der Waals surface area contributed by atoms with Gasteiger partial charge < -0.3 is 5.11 Å². The molecule has 20 heavy (non-hydrogen) atoms. The lowest BCUT2D eigenvalue weighted by atomic mass is 10.00. The highest BCUT2D eigenvalue weighted by Gasteiger charge is 2.04. The molecule has 0 aliphatic rings. The first-order valence-corrected chi connectivity index (χ1v) is 7.13. The first-order chi connectivity index (χ1) is 9.70. The van der Waals surface area contributed by atoms with Crippen LogP contribution in [0.5, 0.6) is 0 Å². The number of unbranched alkanes of at least 4 members (excludes halogenated alkanes) is 2. The fraction of sp³-hybridized carbons (Fsp3) is 0.278. The van der Waals surface area contributed by atoms with Gasteiger partial charge in [0.1, 0.15) is 0 Å². The molecule has 104 valence electrons. The molecule has 1 N–H and O–H groups in total. The van der Waals surface area contributed by atoms with Gasteiger partial charge in [0.2, 0.25) is 0 Å². The summed E-state index contributed by atoms with van der Waals surface area (Å²) in [6.07, 6.45) is 4.84. The van der Waals surface area contributed by atoms with Crippen LogP contribution in [0.3, 0.4) is 0 Å². The van der Waals surface area contributed by atoms with Crippen LogP contribution in [0.1, 0.15) is 42.1 Å². The Hall–Kier alpha value is -2.09. The molecule has 0 bridgehead atoms. The normalized spacial score (nSPS) is 10.4. The van der Waals surface area contributed by atoms with Crippen LogP contribution in [0, 0.1) is 0 Å². The molecule has 0 aliphatic heterocycles. The van der Waals surface area contributed by atoms with Crippen molar-refractivity contribution >= 4 is 5.97 Å². The number of hydrogen-bond acceptors (Lipinski definition) is 1. The third-order valence-corrected chi connectivity index (χ3v) is 3.47. The van der Waals surface area contributed by atoms with Crippen molar-refractivity contribution in [2.75, 3.05) is 0 Å². The molecule has 2 nitrogen and oxygen atoms in total. The number of carbonyl (C=O) groups is 1. The van der Waals surface area contributed by atoms with Gasteiger partial charge in [0.25, 0.3) is 0 Å². The summed E-state index contributed by atoms with van der Waals surface area (Å²) in [4.78, 5) is 11.0. The average Bonchev–Trinajstić information content (AvgIpc) is 2.48. The minimum atomic E-state index is -0.886. The van der Waals surface area contributed by atoms with Crippen molar-refractivity contribution in [3.05, 3.63) is 59.7 Å². The first-order valence-electron chi connectivity index (χ1n) is 7.13. The highest BCUT2D eigenvalue weighted by atomic mass is 16.4. The van der Waals surface area contributed by atoms with E-state index in [0.29, 0.717) is 5.56 Å². The van der Waals surface area contributed by atoms with Crippen LogP contribution in [-0.2, 0) is 6.42 Å². The van der Waals surface area contributed by atoms with E-state index in [4.69, 9.17) is 5.11 Å². The van der Waals surface area contributed by atoms with E-state index in [9.17, 15) is 4.79 Å². The topological polar surface area (TPSA) is 37.3 Å². The molecule has 0 unspecified atom stereocenters. The van der Waals surface area contributed by atoms with Crippen LogP contribution < -0.4 is 0 Å². The summed E-state index contributed by atoms with van der Waals surface area (Å²) >= 11 is 0. The third-order valence-electron chi connectivity index (χ3n) is 3.47. The smallest absolute Gasteiger partial charge is 0.335 e. The number of aromatic carboxylic acids is 1. The lowest BCUT2D eigenvalue weighted by Gasteiger charge is -2.05. The Kier molecular flexibility index (Phi) is 4.94. The fourth-order valence-corrected chi connectivity index (χ4v) is 2.27. The van der Waals surface area contributed by atoms with Gasteiger partial charge in [0, 0.05) is 0 Å². The maximum absolute atomic E-state index is 11.0. The number of carboxylic acid groups (broad SMARTS) is 1.